The lowest BCUT2D eigenvalue weighted by Crippen LogP contribution is -2.42. The van der Waals surface area contributed by atoms with E-state index in [1.165, 1.54) is 47.2 Å². The van der Waals surface area contributed by atoms with Gasteiger partial charge in [-0.2, -0.15) is 0 Å². The van der Waals surface area contributed by atoms with Crippen LogP contribution in [0.25, 0.3) is 11.3 Å². The summed E-state index contributed by atoms with van der Waals surface area (Å²) in [5, 5.41) is 8.84. The van der Waals surface area contributed by atoms with Gasteiger partial charge in [0.25, 0.3) is 5.91 Å². The van der Waals surface area contributed by atoms with Crippen LogP contribution in [-0.4, -0.2) is 82.6 Å². The summed E-state index contributed by atoms with van der Waals surface area (Å²) in [4.78, 5) is 29.4. The molecule has 1 atom stereocenters. The zero-order valence-corrected chi connectivity index (χ0v) is 20.5. The minimum absolute atomic E-state index is 0.0432. The number of methoxy groups -OCH3 is 1. The van der Waals surface area contributed by atoms with Gasteiger partial charge in [0.05, 0.1) is 23.7 Å². The Balaban J connectivity index is 0.00000281. The number of amides is 2. The second-order valence-electron chi connectivity index (χ2n) is 6.57. The highest BCUT2D eigenvalue weighted by Gasteiger charge is 2.21. The first kappa shape index (κ1) is 29.1. The zero-order chi connectivity index (χ0) is 25.5. The average molecular weight is 499 g/mol. The topological polar surface area (TPSA) is 121 Å². The standard InChI is InChI=1S/C20H25FN4O6S.C2H6/c1-24(20(27)31-11-10-30-2)8-9-25(14-19(26)23-28)32(29)17-6-7-18(22-13-17)15-4-3-5-16(21)12-15;1-2/h3-7,12-13,28H,8-11,14H2,1-2H3,(H,23,26);1-2H3. The zero-order valence-electron chi connectivity index (χ0n) is 19.7. The van der Waals surface area contributed by atoms with E-state index in [2.05, 4.69) is 4.98 Å². The lowest BCUT2D eigenvalue weighted by molar-refractivity contribution is -0.129. The van der Waals surface area contributed by atoms with E-state index < -0.39 is 28.8 Å². The third-order valence-corrected chi connectivity index (χ3v) is 5.67. The van der Waals surface area contributed by atoms with Gasteiger partial charge in [-0.3, -0.25) is 15.0 Å². The van der Waals surface area contributed by atoms with Crippen molar-refractivity contribution < 1.29 is 32.9 Å². The van der Waals surface area contributed by atoms with Crippen molar-refractivity contribution in [1.82, 2.24) is 19.7 Å². The number of halogens is 1. The molecule has 188 valence electrons. The number of nitrogens with one attached hydrogen (secondary N) is 1. The van der Waals surface area contributed by atoms with Crippen LogP contribution in [0.4, 0.5) is 9.18 Å². The summed E-state index contributed by atoms with van der Waals surface area (Å²) in [5.41, 5.74) is 2.55. The van der Waals surface area contributed by atoms with Gasteiger partial charge in [0.15, 0.2) is 0 Å². The second-order valence-corrected chi connectivity index (χ2v) is 8.05. The molecule has 0 saturated carbocycles. The van der Waals surface area contributed by atoms with Gasteiger partial charge in [-0.25, -0.2) is 23.2 Å². The maximum Gasteiger partial charge on any atom is 0.409 e. The minimum atomic E-state index is -1.82. The van der Waals surface area contributed by atoms with E-state index in [9.17, 15) is 18.2 Å². The van der Waals surface area contributed by atoms with Gasteiger partial charge in [-0.1, -0.05) is 26.0 Å². The Kier molecular flexibility index (Phi) is 13.5. The largest absolute Gasteiger partial charge is 0.447 e. The Morgan fingerprint density at radius 3 is 2.50 bits per heavy atom. The predicted molar refractivity (Wildman–Crippen MR) is 125 cm³/mol. The van der Waals surface area contributed by atoms with Gasteiger partial charge >= 0.3 is 6.09 Å². The molecule has 34 heavy (non-hydrogen) atoms. The van der Waals surface area contributed by atoms with Crippen molar-refractivity contribution >= 4 is 23.0 Å². The van der Waals surface area contributed by atoms with E-state index >= 15 is 0 Å². The van der Waals surface area contributed by atoms with Crippen molar-refractivity contribution in [1.29, 1.82) is 0 Å². The number of aromatic nitrogens is 1. The molecule has 0 fully saturated rings. The number of rotatable bonds is 11. The number of nitrogens with zero attached hydrogens (tertiary/aromatic N) is 3. The Morgan fingerprint density at radius 2 is 1.91 bits per heavy atom. The Labute approximate surface area is 201 Å². The van der Waals surface area contributed by atoms with Crippen molar-refractivity contribution in [2.75, 3.05) is 47.0 Å². The summed E-state index contributed by atoms with van der Waals surface area (Å²) in [6, 6.07) is 9.05. The van der Waals surface area contributed by atoms with Crippen LogP contribution in [0.1, 0.15) is 13.8 Å². The molecule has 2 rings (SSSR count). The fourth-order valence-electron chi connectivity index (χ4n) is 2.54. The molecule has 12 heteroatoms. The molecule has 2 aromatic rings. The molecule has 0 bridgehead atoms. The van der Waals surface area contributed by atoms with E-state index in [0.717, 1.165) is 0 Å². The number of carbonyl (C=O) groups is 2. The molecule has 0 spiro atoms. The molecule has 10 nitrogen and oxygen atoms in total. The molecule has 2 N–H and O–H groups in total. The number of hydroxylamine groups is 1. The fourth-order valence-corrected chi connectivity index (χ4v) is 3.65. The Hall–Kier alpha value is -2.93. The van der Waals surface area contributed by atoms with E-state index in [-0.39, 0.29) is 32.8 Å². The van der Waals surface area contributed by atoms with Gasteiger partial charge < -0.3 is 14.4 Å². The third kappa shape index (κ3) is 9.51. The lowest BCUT2D eigenvalue weighted by Gasteiger charge is -2.23. The van der Waals surface area contributed by atoms with Crippen molar-refractivity contribution in [2.24, 2.45) is 0 Å². The van der Waals surface area contributed by atoms with Gasteiger partial charge in [0, 0.05) is 39.0 Å². The minimum Gasteiger partial charge on any atom is -0.447 e. The van der Waals surface area contributed by atoms with E-state index in [0.29, 0.717) is 16.2 Å². The first-order valence-corrected chi connectivity index (χ1v) is 11.6. The number of carbonyl (C=O) groups excluding carboxylic acids is 2. The maximum atomic E-state index is 13.4. The number of ether oxygens (including phenoxy) is 2. The van der Waals surface area contributed by atoms with Crippen LogP contribution >= 0.6 is 0 Å². The van der Waals surface area contributed by atoms with Crippen molar-refractivity contribution in [2.45, 2.75) is 18.7 Å². The van der Waals surface area contributed by atoms with E-state index in [1.54, 1.807) is 24.3 Å². The SMILES string of the molecule is CC.COCCOC(=O)N(C)CCN(CC(=O)NO)S(=O)c1ccc(-c2cccc(F)c2)nc1. The number of pyridine rings is 1. The van der Waals surface area contributed by atoms with Crippen LogP contribution in [0.2, 0.25) is 0 Å². The normalized spacial score (nSPS) is 11.3. The molecule has 1 aromatic carbocycles. The van der Waals surface area contributed by atoms with Crippen LogP contribution in [-0.2, 0) is 25.3 Å². The molecular weight excluding hydrogens is 467 g/mol. The second kappa shape index (κ2) is 15.8. The first-order valence-electron chi connectivity index (χ1n) is 10.5. The Morgan fingerprint density at radius 1 is 1.18 bits per heavy atom. The van der Waals surface area contributed by atoms with E-state index in [4.69, 9.17) is 14.7 Å². The van der Waals surface area contributed by atoms with E-state index in [1.807, 2.05) is 13.8 Å². The molecule has 0 aliphatic rings. The van der Waals surface area contributed by atoms with Gasteiger partial charge in [-0.15, -0.1) is 0 Å². The smallest absolute Gasteiger partial charge is 0.409 e. The van der Waals surface area contributed by atoms with Crippen LogP contribution in [0.5, 0.6) is 0 Å². The Bertz CT molecular complexity index is 932. The summed E-state index contributed by atoms with van der Waals surface area (Å²) in [6.07, 6.45) is 0.767. The summed E-state index contributed by atoms with van der Waals surface area (Å²) in [5.74, 6) is -1.17. The van der Waals surface area contributed by atoms with Crippen LogP contribution in [0, 0.1) is 5.82 Å². The molecule has 0 radical (unpaired) electrons. The highest BCUT2D eigenvalue weighted by Crippen LogP contribution is 2.19. The van der Waals surface area contributed by atoms with Crippen molar-refractivity contribution in [3.8, 4) is 11.3 Å². The molecule has 0 aliphatic carbocycles. The van der Waals surface area contributed by atoms with Crippen LogP contribution in [0.15, 0.2) is 47.5 Å². The summed E-state index contributed by atoms with van der Waals surface area (Å²) >= 11 is 0. The fraction of sp³-hybridized carbons (Fsp3) is 0.409. The summed E-state index contributed by atoms with van der Waals surface area (Å²) < 4.78 is 37.5. The van der Waals surface area contributed by atoms with Crippen LogP contribution < -0.4 is 5.48 Å². The number of hydrogen-bond acceptors (Lipinski definition) is 7. The highest BCUT2D eigenvalue weighted by atomic mass is 32.2. The molecule has 2 amide bonds. The van der Waals surface area contributed by atoms with Gasteiger partial charge in [0.2, 0.25) is 0 Å². The van der Waals surface area contributed by atoms with Crippen molar-refractivity contribution in [3.63, 3.8) is 0 Å². The first-order chi connectivity index (χ1) is 16.3. The van der Waals surface area contributed by atoms with Gasteiger partial charge in [-0.05, 0) is 24.3 Å². The summed E-state index contributed by atoms with van der Waals surface area (Å²) in [7, 11) is 1.16. The molecule has 1 heterocycles. The maximum absolute atomic E-state index is 13.4. The lowest BCUT2D eigenvalue weighted by atomic mass is 10.1. The molecule has 0 aliphatic heterocycles. The van der Waals surface area contributed by atoms with Crippen LogP contribution in [0.3, 0.4) is 0 Å². The number of hydrogen-bond donors (Lipinski definition) is 2. The molecular formula is C22H31FN4O6S. The van der Waals surface area contributed by atoms with Gasteiger partial charge in [0.1, 0.15) is 23.4 Å². The molecule has 1 unspecified atom stereocenters. The highest BCUT2D eigenvalue weighted by molar-refractivity contribution is 7.82. The number of likely N-dealkylation sites (N-methyl/N-ethyl adjacent to an activating group) is 1. The monoisotopic (exact) mass is 498 g/mol. The third-order valence-electron chi connectivity index (χ3n) is 4.25. The van der Waals surface area contributed by atoms with Crippen molar-refractivity contribution in [3.05, 3.63) is 48.4 Å². The quantitative estimate of drug-likeness (QED) is 0.277. The number of benzene rings is 1. The predicted octanol–water partition coefficient (Wildman–Crippen LogP) is 2.46. The molecule has 1 aromatic heterocycles. The summed E-state index contributed by atoms with van der Waals surface area (Å²) in [6.45, 7) is 4.10. The molecule has 0 saturated heterocycles. The average Bonchev–Trinajstić information content (AvgIpc) is 2.87.